The number of aromatic nitrogens is 2. The van der Waals surface area contributed by atoms with Gasteiger partial charge in [-0.25, -0.2) is 4.39 Å². The van der Waals surface area contributed by atoms with Crippen LogP contribution >= 0.6 is 0 Å². The minimum Gasteiger partial charge on any atom is -0.473 e. The molecule has 0 amide bonds. The zero-order chi connectivity index (χ0) is 13.0. The van der Waals surface area contributed by atoms with Crippen LogP contribution in [0.15, 0.2) is 30.3 Å². The summed E-state index contributed by atoms with van der Waals surface area (Å²) < 4.78 is 18.8. The Kier molecular flexibility index (Phi) is 3.57. The van der Waals surface area contributed by atoms with Gasteiger partial charge in [0.2, 0.25) is 11.8 Å². The van der Waals surface area contributed by atoms with Crippen LogP contribution in [0.3, 0.4) is 0 Å². The first-order chi connectivity index (χ1) is 8.69. The lowest BCUT2D eigenvalue weighted by molar-refractivity contribution is 0.288. The molecule has 1 aromatic heterocycles. The van der Waals surface area contributed by atoms with Crippen LogP contribution in [-0.4, -0.2) is 17.0 Å². The number of rotatable bonds is 4. The average Bonchev–Trinajstić information content (AvgIpc) is 2.37. The molecule has 0 aliphatic rings. The fraction of sp³-hybridized carbons (Fsp3) is 0.167. The molecule has 0 aliphatic carbocycles. The molecule has 0 unspecified atom stereocenters. The minimum absolute atomic E-state index is 0.0896. The van der Waals surface area contributed by atoms with Crippen molar-refractivity contribution in [3.05, 3.63) is 41.7 Å². The van der Waals surface area contributed by atoms with Gasteiger partial charge in [0, 0.05) is 18.7 Å². The summed E-state index contributed by atoms with van der Waals surface area (Å²) >= 11 is 0. The number of halogens is 1. The zero-order valence-electron chi connectivity index (χ0n) is 9.85. The van der Waals surface area contributed by atoms with Gasteiger partial charge >= 0.3 is 0 Å². The van der Waals surface area contributed by atoms with Gasteiger partial charge in [-0.15, -0.1) is 0 Å². The van der Waals surface area contributed by atoms with Crippen LogP contribution in [0, 0.1) is 5.82 Å². The molecule has 1 heterocycles. The van der Waals surface area contributed by atoms with Gasteiger partial charge in [-0.3, -0.25) is 0 Å². The number of anilines is 2. The molecule has 2 rings (SSSR count). The van der Waals surface area contributed by atoms with Crippen LogP contribution in [0.4, 0.5) is 16.2 Å². The van der Waals surface area contributed by atoms with Crippen molar-refractivity contribution in [3.8, 4) is 5.88 Å². The summed E-state index contributed by atoms with van der Waals surface area (Å²) in [6, 6.07) is 8.00. The van der Waals surface area contributed by atoms with Crippen LogP contribution in [-0.2, 0) is 6.61 Å². The maximum atomic E-state index is 13.4. The lowest BCUT2D eigenvalue weighted by atomic mass is 10.2. The van der Waals surface area contributed by atoms with E-state index in [2.05, 4.69) is 15.3 Å². The zero-order valence-corrected chi connectivity index (χ0v) is 9.85. The van der Waals surface area contributed by atoms with Crippen molar-refractivity contribution < 1.29 is 9.13 Å². The Bertz CT molecular complexity index is 547. The second-order valence-electron chi connectivity index (χ2n) is 3.58. The highest BCUT2D eigenvalue weighted by Crippen LogP contribution is 2.16. The first-order valence-electron chi connectivity index (χ1n) is 5.37. The highest BCUT2D eigenvalue weighted by Gasteiger charge is 2.05. The molecule has 0 radical (unpaired) electrons. The number of benzene rings is 1. The molecule has 6 heteroatoms. The van der Waals surface area contributed by atoms with E-state index in [1.165, 1.54) is 6.07 Å². The van der Waals surface area contributed by atoms with E-state index in [-0.39, 0.29) is 18.4 Å². The molecule has 0 aliphatic heterocycles. The second kappa shape index (κ2) is 5.31. The van der Waals surface area contributed by atoms with Crippen LogP contribution in [0.5, 0.6) is 5.88 Å². The number of nitrogens with zero attached hydrogens (tertiary/aromatic N) is 2. The Hall–Kier alpha value is -2.37. The van der Waals surface area contributed by atoms with Gasteiger partial charge < -0.3 is 15.8 Å². The lowest BCUT2D eigenvalue weighted by Crippen LogP contribution is -2.04. The Balaban J connectivity index is 2.11. The Morgan fingerprint density at radius 3 is 2.83 bits per heavy atom. The fourth-order valence-electron chi connectivity index (χ4n) is 1.41. The average molecular weight is 248 g/mol. The van der Waals surface area contributed by atoms with Crippen molar-refractivity contribution in [1.82, 2.24) is 9.97 Å². The highest BCUT2D eigenvalue weighted by molar-refractivity contribution is 5.42. The minimum atomic E-state index is -0.312. The van der Waals surface area contributed by atoms with E-state index < -0.39 is 0 Å². The van der Waals surface area contributed by atoms with Gasteiger partial charge in [0.1, 0.15) is 18.2 Å². The third kappa shape index (κ3) is 2.85. The molecule has 0 spiro atoms. The summed E-state index contributed by atoms with van der Waals surface area (Å²) in [6.45, 7) is 0.0896. The topological polar surface area (TPSA) is 73.1 Å². The van der Waals surface area contributed by atoms with Crippen molar-refractivity contribution in [2.24, 2.45) is 0 Å². The molecular formula is C12H13FN4O. The summed E-state index contributed by atoms with van der Waals surface area (Å²) in [5, 5.41) is 2.83. The quantitative estimate of drug-likeness (QED) is 0.863. The van der Waals surface area contributed by atoms with E-state index in [1.807, 2.05) is 0 Å². The molecule has 2 aromatic rings. The predicted octanol–water partition coefficient (Wildman–Crippen LogP) is 1.82. The summed E-state index contributed by atoms with van der Waals surface area (Å²) in [5.41, 5.74) is 5.98. The standard InChI is InChI=1S/C12H13FN4O/c1-15-10-6-11(17-12(14)16-10)18-7-8-4-2-3-5-9(8)13/h2-6H,7H2,1H3,(H3,14,15,16,17). The molecule has 94 valence electrons. The molecule has 0 saturated heterocycles. The summed E-state index contributed by atoms with van der Waals surface area (Å²) in [6.07, 6.45) is 0. The van der Waals surface area contributed by atoms with Crippen molar-refractivity contribution >= 4 is 11.8 Å². The van der Waals surface area contributed by atoms with E-state index in [4.69, 9.17) is 10.5 Å². The normalized spacial score (nSPS) is 10.1. The number of nitrogen functional groups attached to an aromatic ring is 1. The highest BCUT2D eigenvalue weighted by atomic mass is 19.1. The number of ether oxygens (including phenoxy) is 1. The van der Waals surface area contributed by atoms with Crippen LogP contribution in [0.1, 0.15) is 5.56 Å². The molecule has 5 nitrogen and oxygen atoms in total. The van der Waals surface area contributed by atoms with Crippen LogP contribution in [0.25, 0.3) is 0 Å². The first-order valence-corrected chi connectivity index (χ1v) is 5.37. The van der Waals surface area contributed by atoms with Crippen molar-refractivity contribution in [2.45, 2.75) is 6.61 Å². The maximum absolute atomic E-state index is 13.4. The SMILES string of the molecule is CNc1cc(OCc2ccccc2F)nc(N)n1. The molecule has 3 N–H and O–H groups in total. The molecule has 0 bridgehead atoms. The van der Waals surface area contributed by atoms with Gasteiger partial charge in [0.15, 0.2) is 0 Å². The molecule has 0 atom stereocenters. The van der Waals surface area contributed by atoms with Crippen LogP contribution < -0.4 is 15.8 Å². The van der Waals surface area contributed by atoms with E-state index >= 15 is 0 Å². The van der Waals surface area contributed by atoms with E-state index in [1.54, 1.807) is 31.3 Å². The van der Waals surface area contributed by atoms with Gasteiger partial charge in [-0.2, -0.15) is 9.97 Å². The second-order valence-corrected chi connectivity index (χ2v) is 3.58. The summed E-state index contributed by atoms with van der Waals surface area (Å²) in [7, 11) is 1.71. The summed E-state index contributed by atoms with van der Waals surface area (Å²) in [4.78, 5) is 7.83. The number of hydrogen-bond donors (Lipinski definition) is 2. The molecule has 18 heavy (non-hydrogen) atoms. The smallest absolute Gasteiger partial charge is 0.225 e. The fourth-order valence-corrected chi connectivity index (χ4v) is 1.41. The largest absolute Gasteiger partial charge is 0.473 e. The molecule has 0 fully saturated rings. The van der Waals surface area contributed by atoms with Crippen molar-refractivity contribution in [2.75, 3.05) is 18.1 Å². The lowest BCUT2D eigenvalue weighted by Gasteiger charge is -2.08. The van der Waals surface area contributed by atoms with E-state index in [0.717, 1.165) is 0 Å². The van der Waals surface area contributed by atoms with Gasteiger partial charge in [0.05, 0.1) is 0 Å². The van der Waals surface area contributed by atoms with Gasteiger partial charge in [-0.1, -0.05) is 18.2 Å². The first kappa shape index (κ1) is 12.1. The Morgan fingerprint density at radius 1 is 1.33 bits per heavy atom. The number of nitrogens with one attached hydrogen (secondary N) is 1. The van der Waals surface area contributed by atoms with Crippen LogP contribution in [0.2, 0.25) is 0 Å². The molecular weight excluding hydrogens is 235 g/mol. The van der Waals surface area contributed by atoms with Crippen molar-refractivity contribution in [1.29, 1.82) is 0 Å². The van der Waals surface area contributed by atoms with Gasteiger partial charge in [-0.05, 0) is 6.07 Å². The Morgan fingerprint density at radius 2 is 2.11 bits per heavy atom. The molecule has 1 aromatic carbocycles. The Labute approximate surface area is 104 Å². The third-order valence-corrected chi connectivity index (χ3v) is 2.31. The maximum Gasteiger partial charge on any atom is 0.225 e. The molecule has 0 saturated carbocycles. The number of hydrogen-bond acceptors (Lipinski definition) is 5. The van der Waals surface area contributed by atoms with Crippen molar-refractivity contribution in [3.63, 3.8) is 0 Å². The van der Waals surface area contributed by atoms with Gasteiger partial charge in [0.25, 0.3) is 0 Å². The van der Waals surface area contributed by atoms with E-state index in [0.29, 0.717) is 17.3 Å². The predicted molar refractivity (Wildman–Crippen MR) is 66.7 cm³/mol. The van der Waals surface area contributed by atoms with E-state index in [9.17, 15) is 4.39 Å². The monoisotopic (exact) mass is 248 g/mol. The third-order valence-electron chi connectivity index (χ3n) is 2.31. The summed E-state index contributed by atoms with van der Waals surface area (Å²) in [5.74, 6) is 0.639. The number of nitrogens with two attached hydrogens (primary N) is 1.